The molecule has 0 aromatic rings. The van der Waals surface area contributed by atoms with Gasteiger partial charge in [0.25, 0.3) is 0 Å². The molecule has 10 heteroatoms. The molecule has 0 aromatic carbocycles. The SMILES string of the molecule is CC/C=C\C/C=C\C/C=C\C/C=C\C/C=C\C/C=C\C/C=C\CCCCCC(=O)OC(COC(=O)CCCCCCCCC/C=C\CCCCCCCC)COP(=O)(O)OCCN. The van der Waals surface area contributed by atoms with Gasteiger partial charge >= 0.3 is 19.8 Å². The molecule has 2 atom stereocenters. The molecule has 2 unspecified atom stereocenters. The fraction of sp³-hybridized carbons (Fsp3) is 0.660. The van der Waals surface area contributed by atoms with E-state index in [1.165, 1.54) is 64.2 Å². The first kappa shape index (κ1) is 59.9. The lowest BCUT2D eigenvalue weighted by molar-refractivity contribution is -0.161. The lowest BCUT2D eigenvalue weighted by Gasteiger charge is -2.19. The van der Waals surface area contributed by atoms with Crippen LogP contribution in [0.4, 0.5) is 0 Å². The summed E-state index contributed by atoms with van der Waals surface area (Å²) in [5.74, 6) is -0.878. The number of ether oxygens (including phenoxy) is 2. The smallest absolute Gasteiger partial charge is 0.462 e. The number of phosphoric acid groups is 1. The Kier molecular flexibility index (Phi) is 46.0. The third kappa shape index (κ3) is 48.2. The van der Waals surface area contributed by atoms with Gasteiger partial charge in [0.05, 0.1) is 13.2 Å². The van der Waals surface area contributed by atoms with Crippen LogP contribution in [-0.4, -0.2) is 49.3 Å². The minimum Gasteiger partial charge on any atom is -0.462 e. The molecule has 0 heterocycles. The van der Waals surface area contributed by atoms with Crippen molar-refractivity contribution in [1.29, 1.82) is 0 Å². The number of esters is 2. The quantitative estimate of drug-likeness (QED) is 0.0265. The minimum atomic E-state index is -4.40. The molecule has 0 bridgehead atoms. The zero-order valence-corrected chi connectivity index (χ0v) is 40.7. The number of carbonyl (C=O) groups is 2. The third-order valence-electron chi connectivity index (χ3n) is 9.95. The van der Waals surface area contributed by atoms with Crippen molar-refractivity contribution in [3.05, 3.63) is 97.2 Å². The zero-order valence-electron chi connectivity index (χ0n) is 39.8. The van der Waals surface area contributed by atoms with E-state index >= 15 is 0 Å². The maximum Gasteiger partial charge on any atom is 0.472 e. The number of hydrogen-bond donors (Lipinski definition) is 2. The monoisotopic (exact) mass is 900 g/mol. The molecule has 0 aromatic heterocycles. The highest BCUT2D eigenvalue weighted by molar-refractivity contribution is 7.47. The lowest BCUT2D eigenvalue weighted by atomic mass is 10.1. The number of unbranched alkanes of at least 4 members (excludes halogenated alkanes) is 16. The maximum atomic E-state index is 12.6. The Bertz CT molecular complexity index is 1350. The Balaban J connectivity index is 4.19. The molecule has 0 amide bonds. The van der Waals surface area contributed by atoms with Gasteiger partial charge in [-0.3, -0.25) is 18.6 Å². The van der Waals surface area contributed by atoms with E-state index in [0.29, 0.717) is 6.42 Å². The van der Waals surface area contributed by atoms with Crippen LogP contribution in [0.5, 0.6) is 0 Å². The fourth-order valence-corrected chi connectivity index (χ4v) is 7.08. The van der Waals surface area contributed by atoms with Gasteiger partial charge in [-0.15, -0.1) is 0 Å². The number of phosphoric ester groups is 1. The number of rotatable bonds is 45. The summed E-state index contributed by atoms with van der Waals surface area (Å²) in [6, 6.07) is 0. The molecule has 0 rings (SSSR count). The molecular weight excluding hydrogens is 810 g/mol. The summed E-state index contributed by atoms with van der Waals surface area (Å²) in [7, 11) is -4.40. The molecule has 0 aliphatic rings. The van der Waals surface area contributed by atoms with Crippen LogP contribution in [0.1, 0.15) is 194 Å². The largest absolute Gasteiger partial charge is 0.472 e. The Morgan fingerprint density at radius 3 is 1.33 bits per heavy atom. The summed E-state index contributed by atoms with van der Waals surface area (Å²) < 4.78 is 32.9. The second-order valence-corrected chi connectivity index (χ2v) is 17.4. The van der Waals surface area contributed by atoms with Gasteiger partial charge in [0.2, 0.25) is 0 Å². The summed E-state index contributed by atoms with van der Waals surface area (Å²) >= 11 is 0. The fourth-order valence-electron chi connectivity index (χ4n) is 6.31. The van der Waals surface area contributed by atoms with E-state index in [-0.39, 0.29) is 32.6 Å². The first-order valence-corrected chi connectivity index (χ1v) is 26.2. The summed E-state index contributed by atoms with van der Waals surface area (Å²) in [5.41, 5.74) is 5.36. The van der Waals surface area contributed by atoms with Crippen LogP contribution in [0.2, 0.25) is 0 Å². The standard InChI is InChI=1S/C53H90NO8P/c1-3-5-7-9-11-13-15-17-19-21-22-23-24-25-26-27-28-30-32-34-36-38-40-42-44-46-53(56)62-51(50-61-63(57,58)60-48-47-54)49-59-52(55)45-43-41-39-37-35-33-31-29-20-18-16-14-12-10-8-6-4-2/h5,7,11,13,17-20,22-23,25-26,28,30,34,36,51H,3-4,6,8-10,12,14-16,21,24,27,29,31-33,35,37-50,54H2,1-2H3,(H,57,58)/b7-5-,13-11-,19-17-,20-18-,23-22-,26-25-,30-28-,36-34-. The van der Waals surface area contributed by atoms with Crippen LogP contribution in [0.3, 0.4) is 0 Å². The van der Waals surface area contributed by atoms with E-state index in [0.717, 1.165) is 96.3 Å². The molecule has 0 aliphatic heterocycles. The topological polar surface area (TPSA) is 134 Å². The van der Waals surface area contributed by atoms with Crippen molar-refractivity contribution in [1.82, 2.24) is 0 Å². The molecule has 0 saturated heterocycles. The van der Waals surface area contributed by atoms with Gasteiger partial charge in [-0.05, 0) is 96.3 Å². The lowest BCUT2D eigenvalue weighted by Crippen LogP contribution is -2.29. The Morgan fingerprint density at radius 1 is 0.492 bits per heavy atom. The number of hydrogen-bond acceptors (Lipinski definition) is 8. The average Bonchev–Trinajstić information content (AvgIpc) is 3.27. The van der Waals surface area contributed by atoms with Crippen molar-refractivity contribution in [2.24, 2.45) is 5.73 Å². The molecule has 360 valence electrons. The van der Waals surface area contributed by atoms with Crippen molar-refractivity contribution in [3.63, 3.8) is 0 Å². The van der Waals surface area contributed by atoms with E-state index < -0.39 is 32.5 Å². The van der Waals surface area contributed by atoms with Crippen LogP contribution < -0.4 is 5.73 Å². The molecule has 63 heavy (non-hydrogen) atoms. The van der Waals surface area contributed by atoms with E-state index in [4.69, 9.17) is 24.3 Å². The Morgan fingerprint density at radius 2 is 0.873 bits per heavy atom. The van der Waals surface area contributed by atoms with Gasteiger partial charge in [0.1, 0.15) is 6.61 Å². The highest BCUT2D eigenvalue weighted by Crippen LogP contribution is 2.43. The first-order chi connectivity index (χ1) is 30.8. The Labute approximate surface area is 385 Å². The van der Waals surface area contributed by atoms with Gasteiger partial charge in [-0.2, -0.15) is 0 Å². The highest BCUT2D eigenvalue weighted by atomic mass is 31.2. The second-order valence-electron chi connectivity index (χ2n) is 15.9. The maximum absolute atomic E-state index is 12.6. The molecule has 0 radical (unpaired) electrons. The first-order valence-electron chi connectivity index (χ1n) is 24.7. The molecular formula is C53H90NO8P. The second kappa shape index (κ2) is 48.4. The van der Waals surface area contributed by atoms with E-state index in [9.17, 15) is 19.0 Å². The van der Waals surface area contributed by atoms with Crippen molar-refractivity contribution in [2.45, 2.75) is 200 Å². The normalized spacial score (nSPS) is 14.0. The van der Waals surface area contributed by atoms with Gasteiger partial charge in [-0.25, -0.2) is 4.57 Å². The van der Waals surface area contributed by atoms with Crippen molar-refractivity contribution in [2.75, 3.05) is 26.4 Å². The van der Waals surface area contributed by atoms with Crippen LogP contribution in [0, 0.1) is 0 Å². The van der Waals surface area contributed by atoms with Gasteiger partial charge < -0.3 is 20.1 Å². The van der Waals surface area contributed by atoms with Crippen LogP contribution in [-0.2, 0) is 32.7 Å². The molecule has 0 aliphatic carbocycles. The summed E-state index contributed by atoms with van der Waals surface area (Å²) in [4.78, 5) is 35.0. The molecule has 0 spiro atoms. The number of allylic oxidation sites excluding steroid dienone is 16. The molecule has 0 saturated carbocycles. The van der Waals surface area contributed by atoms with Crippen LogP contribution in [0.25, 0.3) is 0 Å². The number of carbonyl (C=O) groups excluding carboxylic acids is 2. The van der Waals surface area contributed by atoms with E-state index in [2.05, 4.69) is 111 Å². The van der Waals surface area contributed by atoms with Crippen molar-refractivity contribution >= 4 is 19.8 Å². The van der Waals surface area contributed by atoms with E-state index in [1.54, 1.807) is 0 Å². The van der Waals surface area contributed by atoms with Crippen molar-refractivity contribution in [3.8, 4) is 0 Å². The summed E-state index contributed by atoms with van der Waals surface area (Å²) in [5, 5.41) is 0. The molecule has 9 nitrogen and oxygen atoms in total. The van der Waals surface area contributed by atoms with Gasteiger partial charge in [-0.1, -0.05) is 182 Å². The number of nitrogens with two attached hydrogens (primary N) is 1. The average molecular weight is 900 g/mol. The molecule has 3 N–H and O–H groups in total. The van der Waals surface area contributed by atoms with Gasteiger partial charge in [0, 0.05) is 19.4 Å². The predicted molar refractivity (Wildman–Crippen MR) is 265 cm³/mol. The van der Waals surface area contributed by atoms with Crippen LogP contribution >= 0.6 is 7.82 Å². The molecule has 0 fully saturated rings. The minimum absolute atomic E-state index is 0.0419. The summed E-state index contributed by atoms with van der Waals surface area (Å²) in [6.45, 7) is 3.56. The third-order valence-corrected chi connectivity index (χ3v) is 10.9. The summed E-state index contributed by atoms with van der Waals surface area (Å²) in [6.07, 6.45) is 63.0. The van der Waals surface area contributed by atoms with E-state index in [1.807, 2.05) is 0 Å². The van der Waals surface area contributed by atoms with Crippen molar-refractivity contribution < 1.29 is 37.6 Å². The Hall–Kier alpha value is -3.07. The predicted octanol–water partition coefficient (Wildman–Crippen LogP) is 14.9. The zero-order chi connectivity index (χ0) is 46.0. The highest BCUT2D eigenvalue weighted by Gasteiger charge is 2.26. The van der Waals surface area contributed by atoms with Gasteiger partial charge in [0.15, 0.2) is 6.10 Å². The van der Waals surface area contributed by atoms with Crippen LogP contribution in [0.15, 0.2) is 97.2 Å².